The van der Waals surface area contributed by atoms with Gasteiger partial charge in [0.25, 0.3) is 5.56 Å². The van der Waals surface area contributed by atoms with Gasteiger partial charge in [-0.15, -0.1) is 10.2 Å². The molecule has 0 spiro atoms. The van der Waals surface area contributed by atoms with Gasteiger partial charge in [-0.05, 0) is 18.2 Å². The number of methoxy groups -OCH3 is 1. The number of H-pyrrole nitrogens is 1. The summed E-state index contributed by atoms with van der Waals surface area (Å²) in [6.07, 6.45) is 0. The predicted molar refractivity (Wildman–Crippen MR) is 84.0 cm³/mol. The molecule has 0 amide bonds. The summed E-state index contributed by atoms with van der Waals surface area (Å²) in [6.45, 7) is 0. The third-order valence-corrected chi connectivity index (χ3v) is 3.66. The Hall–Kier alpha value is -3.01. The highest BCUT2D eigenvalue weighted by atomic mass is 32.1. The molecule has 0 saturated heterocycles. The van der Waals surface area contributed by atoms with Gasteiger partial charge in [0.15, 0.2) is 11.5 Å². The lowest BCUT2D eigenvalue weighted by Gasteiger charge is -1.97. The zero-order chi connectivity index (χ0) is 15.7. The summed E-state index contributed by atoms with van der Waals surface area (Å²) < 4.78 is 6.04. The second kappa shape index (κ2) is 5.41. The zero-order valence-electron chi connectivity index (χ0n) is 11.4. The normalized spacial score (nSPS) is 11.3. The van der Waals surface area contributed by atoms with E-state index in [1.165, 1.54) is 11.3 Å². The molecular weight excluding hydrogens is 306 g/mol. The van der Waals surface area contributed by atoms with E-state index in [1.807, 2.05) is 12.1 Å². The van der Waals surface area contributed by atoms with Gasteiger partial charge in [0.1, 0.15) is 5.75 Å². The molecule has 0 unspecified atom stereocenters. The van der Waals surface area contributed by atoms with E-state index in [2.05, 4.69) is 25.2 Å². The maximum Gasteiger partial charge on any atom is 0.282 e. The average molecular weight is 317 g/mol. The Kier molecular flexibility index (Phi) is 3.43. The average Bonchev–Trinajstić information content (AvgIpc) is 2.87. The van der Waals surface area contributed by atoms with Crippen LogP contribution in [0.25, 0.3) is 10.2 Å². The van der Waals surface area contributed by atoms with Crippen molar-refractivity contribution in [1.29, 1.82) is 0 Å². The highest BCUT2D eigenvalue weighted by Gasteiger charge is 2.08. The summed E-state index contributed by atoms with van der Waals surface area (Å²) >= 11 is 1.31. The minimum Gasteiger partial charge on any atom is -0.497 e. The van der Waals surface area contributed by atoms with Gasteiger partial charge in [-0.25, -0.2) is 4.98 Å². The SMILES string of the molecule is COc1ccc2nc(N=Nc3c(N)nc(N)[nH]c3=O)sc2c1. The third-order valence-electron chi connectivity index (χ3n) is 2.76. The minimum absolute atomic E-state index is 0.0754. The first-order chi connectivity index (χ1) is 10.6. The second-order valence-electron chi connectivity index (χ2n) is 4.22. The molecule has 10 heteroatoms. The van der Waals surface area contributed by atoms with Gasteiger partial charge in [0.05, 0.1) is 17.3 Å². The van der Waals surface area contributed by atoms with Crippen molar-refractivity contribution in [1.82, 2.24) is 15.0 Å². The van der Waals surface area contributed by atoms with Crippen molar-refractivity contribution in [3.8, 4) is 5.75 Å². The molecule has 5 N–H and O–H groups in total. The molecule has 0 saturated carbocycles. The third kappa shape index (κ3) is 2.59. The fourth-order valence-corrected chi connectivity index (χ4v) is 2.57. The number of nitrogens with zero attached hydrogens (tertiary/aromatic N) is 4. The van der Waals surface area contributed by atoms with Crippen molar-refractivity contribution in [2.75, 3.05) is 18.6 Å². The van der Waals surface area contributed by atoms with E-state index in [1.54, 1.807) is 13.2 Å². The van der Waals surface area contributed by atoms with Crippen LogP contribution < -0.4 is 21.8 Å². The van der Waals surface area contributed by atoms with E-state index in [-0.39, 0.29) is 17.5 Å². The first-order valence-electron chi connectivity index (χ1n) is 6.08. The number of rotatable bonds is 3. The van der Waals surface area contributed by atoms with Crippen molar-refractivity contribution in [3.63, 3.8) is 0 Å². The maximum atomic E-state index is 11.7. The van der Waals surface area contributed by atoms with Crippen molar-refractivity contribution in [2.24, 2.45) is 10.2 Å². The van der Waals surface area contributed by atoms with Crippen molar-refractivity contribution < 1.29 is 4.74 Å². The van der Waals surface area contributed by atoms with Crippen LogP contribution in [0, 0.1) is 0 Å². The molecule has 0 aliphatic carbocycles. The molecule has 2 aromatic heterocycles. The molecule has 9 nitrogen and oxygen atoms in total. The van der Waals surface area contributed by atoms with Gasteiger partial charge in [0.2, 0.25) is 11.1 Å². The van der Waals surface area contributed by atoms with E-state index in [9.17, 15) is 4.79 Å². The number of aromatic amines is 1. The summed E-state index contributed by atoms with van der Waals surface area (Å²) in [5, 5.41) is 8.13. The molecule has 3 rings (SSSR count). The largest absolute Gasteiger partial charge is 0.497 e. The van der Waals surface area contributed by atoms with Crippen LogP contribution in [-0.4, -0.2) is 22.1 Å². The number of benzene rings is 1. The highest BCUT2D eigenvalue weighted by molar-refractivity contribution is 7.21. The van der Waals surface area contributed by atoms with Gasteiger partial charge in [-0.3, -0.25) is 9.78 Å². The molecule has 0 atom stereocenters. The zero-order valence-corrected chi connectivity index (χ0v) is 12.2. The Balaban J connectivity index is 1.98. The summed E-state index contributed by atoms with van der Waals surface area (Å²) in [5.41, 5.74) is 11.1. The number of hydrogen-bond donors (Lipinski definition) is 3. The molecule has 1 aromatic carbocycles. The Labute approximate surface area is 127 Å². The fourth-order valence-electron chi connectivity index (χ4n) is 1.75. The number of nitrogen functional groups attached to an aromatic ring is 2. The minimum atomic E-state index is -0.559. The molecule has 112 valence electrons. The standard InChI is InChI=1S/C12H11N7O2S/c1-21-5-2-3-6-7(4-5)22-12(15-6)19-18-8-9(13)16-11(14)17-10(8)20/h2-4H,1H3,(H5,13,14,16,17,20). The molecule has 3 aromatic rings. The van der Waals surface area contributed by atoms with Crippen LogP contribution in [0.4, 0.5) is 22.6 Å². The number of nitrogens with one attached hydrogen (secondary N) is 1. The van der Waals surface area contributed by atoms with Crippen LogP contribution in [0.15, 0.2) is 33.2 Å². The van der Waals surface area contributed by atoms with Crippen LogP contribution in [0.2, 0.25) is 0 Å². The number of azo groups is 1. The van der Waals surface area contributed by atoms with Gasteiger partial charge in [-0.2, -0.15) is 4.98 Å². The number of nitrogens with two attached hydrogens (primary N) is 2. The molecular formula is C12H11N7O2S. The highest BCUT2D eigenvalue weighted by Crippen LogP contribution is 2.31. The van der Waals surface area contributed by atoms with Crippen molar-refractivity contribution in [3.05, 3.63) is 28.6 Å². The fraction of sp³-hybridized carbons (Fsp3) is 0.0833. The van der Waals surface area contributed by atoms with Gasteiger partial charge in [0, 0.05) is 0 Å². The van der Waals surface area contributed by atoms with E-state index in [0.717, 1.165) is 16.0 Å². The Bertz CT molecular complexity index is 931. The maximum absolute atomic E-state index is 11.7. The molecule has 0 bridgehead atoms. The van der Waals surface area contributed by atoms with E-state index in [0.29, 0.717) is 5.13 Å². The van der Waals surface area contributed by atoms with Crippen molar-refractivity contribution >= 4 is 44.1 Å². The monoisotopic (exact) mass is 317 g/mol. The lowest BCUT2D eigenvalue weighted by atomic mass is 10.3. The van der Waals surface area contributed by atoms with Gasteiger partial charge >= 0.3 is 0 Å². The Morgan fingerprint density at radius 2 is 2.09 bits per heavy atom. The van der Waals surface area contributed by atoms with E-state index >= 15 is 0 Å². The summed E-state index contributed by atoms with van der Waals surface area (Å²) in [6, 6.07) is 5.46. The lowest BCUT2D eigenvalue weighted by Crippen LogP contribution is -2.12. The smallest absolute Gasteiger partial charge is 0.282 e. The van der Waals surface area contributed by atoms with Crippen LogP contribution >= 0.6 is 11.3 Å². The van der Waals surface area contributed by atoms with Crippen molar-refractivity contribution in [2.45, 2.75) is 0 Å². The van der Waals surface area contributed by atoms with Gasteiger partial charge in [-0.1, -0.05) is 11.3 Å². The molecule has 0 radical (unpaired) electrons. The van der Waals surface area contributed by atoms with Crippen LogP contribution in [0.5, 0.6) is 5.75 Å². The molecule has 0 aliphatic rings. The van der Waals surface area contributed by atoms with Crippen LogP contribution in [-0.2, 0) is 0 Å². The van der Waals surface area contributed by atoms with Crippen LogP contribution in [0.3, 0.4) is 0 Å². The summed E-state index contributed by atoms with van der Waals surface area (Å²) in [4.78, 5) is 22.0. The number of fused-ring (bicyclic) bond motifs is 1. The number of anilines is 2. The van der Waals surface area contributed by atoms with E-state index in [4.69, 9.17) is 16.2 Å². The quantitative estimate of drug-likeness (QED) is 0.630. The number of ether oxygens (including phenoxy) is 1. The molecule has 2 heterocycles. The lowest BCUT2D eigenvalue weighted by molar-refractivity contribution is 0.415. The molecule has 0 fully saturated rings. The van der Waals surface area contributed by atoms with Crippen LogP contribution in [0.1, 0.15) is 0 Å². The number of hydrogen-bond acceptors (Lipinski definition) is 9. The molecule has 22 heavy (non-hydrogen) atoms. The summed E-state index contributed by atoms with van der Waals surface area (Å²) in [5.74, 6) is 0.560. The predicted octanol–water partition coefficient (Wildman–Crippen LogP) is 1.97. The number of aromatic nitrogens is 3. The topological polar surface area (TPSA) is 145 Å². The Morgan fingerprint density at radius 1 is 1.27 bits per heavy atom. The second-order valence-corrected chi connectivity index (χ2v) is 5.22. The van der Waals surface area contributed by atoms with E-state index < -0.39 is 5.56 Å². The van der Waals surface area contributed by atoms with Gasteiger partial charge < -0.3 is 16.2 Å². The Morgan fingerprint density at radius 3 is 2.82 bits per heavy atom. The first-order valence-corrected chi connectivity index (χ1v) is 6.90. The first kappa shape index (κ1) is 13.9. The molecule has 0 aliphatic heterocycles. The summed E-state index contributed by atoms with van der Waals surface area (Å²) in [7, 11) is 1.59. The number of thiazole rings is 1.